The highest BCUT2D eigenvalue weighted by molar-refractivity contribution is 5.78. The molecule has 3 rings (SSSR count). The first-order chi connectivity index (χ1) is 12.1. The van der Waals surface area contributed by atoms with Crippen molar-refractivity contribution in [3.63, 3.8) is 0 Å². The minimum absolute atomic E-state index is 0.182. The van der Waals surface area contributed by atoms with Crippen molar-refractivity contribution in [2.45, 2.75) is 40.2 Å². The van der Waals surface area contributed by atoms with E-state index in [4.69, 9.17) is 9.72 Å². The Kier molecular flexibility index (Phi) is 5.39. The summed E-state index contributed by atoms with van der Waals surface area (Å²) in [5.74, 6) is 1.91. The topological polar surface area (TPSA) is 47.3 Å². The van der Waals surface area contributed by atoms with E-state index in [1.165, 1.54) is 16.7 Å². The summed E-state index contributed by atoms with van der Waals surface area (Å²) in [4.78, 5) is 4.79. The van der Waals surface area contributed by atoms with Crippen molar-refractivity contribution in [1.82, 2.24) is 9.55 Å². The van der Waals surface area contributed by atoms with Gasteiger partial charge in [0.05, 0.1) is 17.6 Å². The lowest BCUT2D eigenvalue weighted by molar-refractivity contribution is 0.283. The van der Waals surface area contributed by atoms with E-state index in [-0.39, 0.29) is 6.61 Å². The molecule has 0 atom stereocenters. The molecule has 0 saturated carbocycles. The Bertz CT molecular complexity index is 868. The van der Waals surface area contributed by atoms with Crippen LogP contribution in [0.15, 0.2) is 36.4 Å². The average molecular weight is 338 g/mol. The lowest BCUT2D eigenvalue weighted by Crippen LogP contribution is -2.12. The number of benzene rings is 2. The highest BCUT2D eigenvalue weighted by atomic mass is 16.5. The minimum atomic E-state index is 0.182. The standard InChI is InChI=1S/C21H26N2O2/c1-15-6-4-7-18(12-15)25-11-9-23-20-14-17(3)16(2)13-19(20)22-21(23)8-5-10-24/h4,6-7,12-14,24H,5,8-11H2,1-3H3. The molecule has 132 valence electrons. The zero-order chi connectivity index (χ0) is 17.8. The number of aryl methyl sites for hydroxylation is 4. The quantitative estimate of drug-likeness (QED) is 0.709. The number of imidazole rings is 1. The molecule has 0 aliphatic rings. The second-order valence-electron chi connectivity index (χ2n) is 6.60. The normalized spacial score (nSPS) is 11.2. The second-order valence-corrected chi connectivity index (χ2v) is 6.60. The van der Waals surface area contributed by atoms with E-state index < -0.39 is 0 Å². The molecule has 0 spiro atoms. The van der Waals surface area contributed by atoms with Crippen LogP contribution in [0.2, 0.25) is 0 Å². The van der Waals surface area contributed by atoms with Crippen LogP contribution in [0.5, 0.6) is 5.75 Å². The van der Waals surface area contributed by atoms with E-state index in [1.807, 2.05) is 18.2 Å². The summed E-state index contributed by atoms with van der Waals surface area (Å²) in [5.41, 5.74) is 5.87. The molecule has 0 amide bonds. The fourth-order valence-electron chi connectivity index (χ4n) is 3.07. The number of aromatic nitrogens is 2. The van der Waals surface area contributed by atoms with E-state index in [9.17, 15) is 5.11 Å². The number of rotatable bonds is 7. The molecule has 0 fully saturated rings. The van der Waals surface area contributed by atoms with Gasteiger partial charge in [0.2, 0.25) is 0 Å². The molecule has 1 heterocycles. The third kappa shape index (κ3) is 4.02. The Balaban J connectivity index is 1.83. The van der Waals surface area contributed by atoms with E-state index >= 15 is 0 Å². The Morgan fingerprint density at radius 3 is 2.64 bits per heavy atom. The third-order valence-electron chi connectivity index (χ3n) is 4.57. The van der Waals surface area contributed by atoms with Gasteiger partial charge in [-0.1, -0.05) is 12.1 Å². The first kappa shape index (κ1) is 17.5. The number of hydrogen-bond acceptors (Lipinski definition) is 3. The highest BCUT2D eigenvalue weighted by Crippen LogP contribution is 2.22. The zero-order valence-electron chi connectivity index (χ0n) is 15.2. The summed E-state index contributed by atoms with van der Waals surface area (Å²) >= 11 is 0. The van der Waals surface area contributed by atoms with Crippen molar-refractivity contribution >= 4 is 11.0 Å². The third-order valence-corrected chi connectivity index (χ3v) is 4.57. The van der Waals surface area contributed by atoms with Crippen LogP contribution in [0.1, 0.15) is 28.9 Å². The van der Waals surface area contributed by atoms with E-state index in [2.05, 4.69) is 43.5 Å². The monoisotopic (exact) mass is 338 g/mol. The summed E-state index contributed by atoms with van der Waals surface area (Å²) in [6.07, 6.45) is 1.49. The van der Waals surface area contributed by atoms with Crippen LogP contribution < -0.4 is 4.74 Å². The van der Waals surface area contributed by atoms with Crippen LogP contribution in [0.4, 0.5) is 0 Å². The van der Waals surface area contributed by atoms with Gasteiger partial charge in [-0.15, -0.1) is 0 Å². The van der Waals surface area contributed by atoms with Crippen molar-refractivity contribution in [3.05, 3.63) is 58.9 Å². The van der Waals surface area contributed by atoms with Crippen molar-refractivity contribution in [3.8, 4) is 5.75 Å². The van der Waals surface area contributed by atoms with Crippen molar-refractivity contribution in [2.24, 2.45) is 0 Å². The van der Waals surface area contributed by atoms with Crippen LogP contribution in [0.3, 0.4) is 0 Å². The molecule has 0 saturated heterocycles. The molecule has 3 aromatic rings. The van der Waals surface area contributed by atoms with Crippen LogP contribution in [-0.4, -0.2) is 27.9 Å². The number of hydrogen-bond donors (Lipinski definition) is 1. The predicted molar refractivity (Wildman–Crippen MR) is 101 cm³/mol. The van der Waals surface area contributed by atoms with E-state index in [1.54, 1.807) is 0 Å². The highest BCUT2D eigenvalue weighted by Gasteiger charge is 2.12. The Hall–Kier alpha value is -2.33. The van der Waals surface area contributed by atoms with Gasteiger partial charge in [0, 0.05) is 13.0 Å². The molecule has 1 aromatic heterocycles. The molecule has 4 heteroatoms. The zero-order valence-corrected chi connectivity index (χ0v) is 15.2. The van der Waals surface area contributed by atoms with Gasteiger partial charge in [-0.3, -0.25) is 0 Å². The van der Waals surface area contributed by atoms with Crippen LogP contribution in [0.25, 0.3) is 11.0 Å². The molecule has 0 radical (unpaired) electrons. The lowest BCUT2D eigenvalue weighted by atomic mass is 10.1. The molecule has 25 heavy (non-hydrogen) atoms. The maximum absolute atomic E-state index is 9.17. The molecule has 0 aliphatic carbocycles. The number of fused-ring (bicyclic) bond motifs is 1. The molecular formula is C21H26N2O2. The van der Waals surface area contributed by atoms with Crippen LogP contribution in [0, 0.1) is 20.8 Å². The van der Waals surface area contributed by atoms with Gasteiger partial charge in [0.1, 0.15) is 18.2 Å². The molecular weight excluding hydrogens is 312 g/mol. The minimum Gasteiger partial charge on any atom is -0.492 e. The van der Waals surface area contributed by atoms with Gasteiger partial charge in [-0.25, -0.2) is 4.98 Å². The molecule has 1 N–H and O–H groups in total. The number of aliphatic hydroxyl groups excluding tert-OH is 1. The molecule has 2 aromatic carbocycles. The summed E-state index contributed by atoms with van der Waals surface area (Å²) in [6, 6.07) is 12.5. The van der Waals surface area contributed by atoms with Crippen molar-refractivity contribution in [2.75, 3.05) is 13.2 Å². The van der Waals surface area contributed by atoms with E-state index in [0.29, 0.717) is 6.61 Å². The Morgan fingerprint density at radius 1 is 1.08 bits per heavy atom. The second kappa shape index (κ2) is 7.70. The molecule has 4 nitrogen and oxygen atoms in total. The summed E-state index contributed by atoms with van der Waals surface area (Å²) in [7, 11) is 0. The van der Waals surface area contributed by atoms with Gasteiger partial charge >= 0.3 is 0 Å². The summed E-state index contributed by atoms with van der Waals surface area (Å²) in [5, 5.41) is 9.17. The van der Waals surface area contributed by atoms with Crippen LogP contribution in [-0.2, 0) is 13.0 Å². The predicted octanol–water partition coefficient (Wildman–Crippen LogP) is 3.97. The summed E-state index contributed by atoms with van der Waals surface area (Å²) < 4.78 is 8.15. The molecule has 0 bridgehead atoms. The Labute approximate surface area is 149 Å². The molecule has 0 aliphatic heterocycles. The molecule has 0 unspecified atom stereocenters. The maximum Gasteiger partial charge on any atom is 0.119 e. The first-order valence-corrected chi connectivity index (χ1v) is 8.85. The largest absolute Gasteiger partial charge is 0.492 e. The van der Waals surface area contributed by atoms with Crippen molar-refractivity contribution in [1.29, 1.82) is 0 Å². The van der Waals surface area contributed by atoms with Gasteiger partial charge < -0.3 is 14.4 Å². The number of ether oxygens (including phenoxy) is 1. The van der Waals surface area contributed by atoms with Gasteiger partial charge in [0.25, 0.3) is 0 Å². The summed E-state index contributed by atoms with van der Waals surface area (Å²) in [6.45, 7) is 7.82. The lowest BCUT2D eigenvalue weighted by Gasteiger charge is -2.11. The van der Waals surface area contributed by atoms with Gasteiger partial charge in [-0.2, -0.15) is 0 Å². The van der Waals surface area contributed by atoms with Crippen LogP contribution >= 0.6 is 0 Å². The SMILES string of the molecule is Cc1cccc(OCCn2c(CCCO)nc3cc(C)c(C)cc32)c1. The smallest absolute Gasteiger partial charge is 0.119 e. The Morgan fingerprint density at radius 2 is 1.88 bits per heavy atom. The number of aliphatic hydroxyl groups is 1. The van der Waals surface area contributed by atoms with E-state index in [0.717, 1.165) is 42.0 Å². The first-order valence-electron chi connectivity index (χ1n) is 8.85. The van der Waals surface area contributed by atoms with Gasteiger partial charge in [0.15, 0.2) is 0 Å². The number of nitrogens with zero attached hydrogens (tertiary/aromatic N) is 2. The van der Waals surface area contributed by atoms with Gasteiger partial charge in [-0.05, 0) is 68.1 Å². The maximum atomic E-state index is 9.17. The van der Waals surface area contributed by atoms with Crippen molar-refractivity contribution < 1.29 is 9.84 Å². The fourth-order valence-corrected chi connectivity index (χ4v) is 3.07. The fraction of sp³-hybridized carbons (Fsp3) is 0.381. The average Bonchev–Trinajstić information content (AvgIpc) is 2.90.